The molecule has 4 atom stereocenters. The maximum absolute atomic E-state index is 13.7. The second kappa shape index (κ2) is 12.2. The summed E-state index contributed by atoms with van der Waals surface area (Å²) in [6, 6.07) is 11.0. The topological polar surface area (TPSA) is 96.3 Å². The summed E-state index contributed by atoms with van der Waals surface area (Å²) < 4.78 is 11.7. The largest absolute Gasteiger partial charge is 0.508 e. The first-order valence-corrected chi connectivity index (χ1v) is 14.7. The van der Waals surface area contributed by atoms with Crippen molar-refractivity contribution < 1.29 is 29.1 Å². The van der Waals surface area contributed by atoms with E-state index < -0.39 is 19.0 Å². The van der Waals surface area contributed by atoms with E-state index in [1.165, 1.54) is 21.8 Å². The minimum atomic E-state index is -0.990. The van der Waals surface area contributed by atoms with Crippen LogP contribution in [0.3, 0.4) is 0 Å². The highest BCUT2D eigenvalue weighted by Gasteiger charge is 2.57. The number of nitrogens with zero attached hydrogens (tertiary/aromatic N) is 1. The lowest BCUT2D eigenvalue weighted by Crippen LogP contribution is -2.46. The van der Waals surface area contributed by atoms with Crippen molar-refractivity contribution in [3.63, 3.8) is 0 Å². The fourth-order valence-electron chi connectivity index (χ4n) is 6.56. The number of carbonyl (C=O) groups is 2. The number of fused-ring (bicyclic) bond motifs is 3. The van der Waals surface area contributed by atoms with Crippen LogP contribution in [0.1, 0.15) is 49.5 Å². The van der Waals surface area contributed by atoms with E-state index in [1.807, 2.05) is 29.6 Å². The zero-order valence-corrected chi connectivity index (χ0v) is 23.4. The van der Waals surface area contributed by atoms with Gasteiger partial charge in [0.25, 0.3) is 0 Å². The molecule has 0 spiro atoms. The van der Waals surface area contributed by atoms with Crippen molar-refractivity contribution in [3.8, 4) is 5.75 Å². The zero-order valence-electron chi connectivity index (χ0n) is 22.5. The lowest BCUT2D eigenvalue weighted by Gasteiger charge is -2.43. The van der Waals surface area contributed by atoms with Crippen LogP contribution in [0.5, 0.6) is 5.75 Å². The van der Waals surface area contributed by atoms with Crippen molar-refractivity contribution in [2.45, 2.75) is 58.0 Å². The fourth-order valence-corrected chi connectivity index (χ4v) is 7.26. The lowest BCUT2D eigenvalue weighted by atomic mass is 9.58. The van der Waals surface area contributed by atoms with Gasteiger partial charge < -0.3 is 19.5 Å². The van der Waals surface area contributed by atoms with Gasteiger partial charge in [0.2, 0.25) is 11.8 Å². The number of rotatable bonds is 10. The monoisotopic (exact) mass is 549 g/mol. The Bertz CT molecular complexity index is 1240. The summed E-state index contributed by atoms with van der Waals surface area (Å²) in [6.07, 6.45) is 5.96. The molecule has 2 fully saturated rings. The molecule has 2 amide bonds. The molecule has 0 radical (unpaired) electrons. The van der Waals surface area contributed by atoms with Gasteiger partial charge in [-0.05, 0) is 78.2 Å². The van der Waals surface area contributed by atoms with Gasteiger partial charge in [0.15, 0.2) is 0 Å². The molecular formula is C30H36BNO6S. The molecule has 0 unspecified atom stereocenters. The number of hydrogen-bond donors (Lipinski definition) is 2. The highest BCUT2D eigenvalue weighted by atomic mass is 32.1. The van der Waals surface area contributed by atoms with Gasteiger partial charge in [0.1, 0.15) is 5.75 Å². The third-order valence-corrected chi connectivity index (χ3v) is 9.04. The van der Waals surface area contributed by atoms with Gasteiger partial charge in [-0.15, -0.1) is 11.3 Å². The molecule has 2 saturated heterocycles. The van der Waals surface area contributed by atoms with Gasteiger partial charge in [-0.1, -0.05) is 43.2 Å². The second-order valence-corrected chi connectivity index (χ2v) is 11.8. The zero-order chi connectivity index (χ0) is 27.5. The average molecular weight is 549 g/mol. The van der Waals surface area contributed by atoms with Gasteiger partial charge in [-0.3, -0.25) is 14.5 Å². The highest BCUT2D eigenvalue weighted by Crippen LogP contribution is 2.51. The molecule has 5 rings (SSSR count). The number of aromatic hydroxyl groups is 1. The minimum absolute atomic E-state index is 0.120. The smallest absolute Gasteiger partial charge is 0.455 e. The van der Waals surface area contributed by atoms with Crippen LogP contribution in [0.15, 0.2) is 58.5 Å². The van der Waals surface area contributed by atoms with E-state index in [4.69, 9.17) is 9.39 Å². The summed E-state index contributed by atoms with van der Waals surface area (Å²) in [4.78, 5) is 29.6. The standard InChI is InChI=1S/C30H36BNO6S/c1-3-5-19(14-20-7-10-22(33)11-8-20)9-12-26-27-21(18-37-2)15-24-28(25(27)16-31(36)38-26)30(35)32(29(24)34)17-23-6-4-13-39-23/h4,6-8,10-11,13-14,24-26,28,33,36H,3,5,9,12,15-18H2,1-2H3/b19-14+/t24-,25+,26-,28-/m1/s1. The van der Waals surface area contributed by atoms with E-state index in [0.29, 0.717) is 32.3 Å². The van der Waals surface area contributed by atoms with Crippen molar-refractivity contribution in [2.75, 3.05) is 13.7 Å². The van der Waals surface area contributed by atoms with Crippen LogP contribution in [0.25, 0.3) is 6.08 Å². The number of thiophene rings is 1. The average Bonchev–Trinajstić information content (AvgIpc) is 3.51. The van der Waals surface area contributed by atoms with Gasteiger partial charge in [0, 0.05) is 12.0 Å². The molecule has 1 aliphatic carbocycles. The first-order chi connectivity index (χ1) is 18.9. The van der Waals surface area contributed by atoms with E-state index >= 15 is 0 Å². The third-order valence-electron chi connectivity index (χ3n) is 8.17. The summed E-state index contributed by atoms with van der Waals surface area (Å²) in [6.45, 7) is 2.82. The van der Waals surface area contributed by atoms with Crippen LogP contribution >= 0.6 is 11.3 Å². The molecule has 0 bridgehead atoms. The highest BCUT2D eigenvalue weighted by molar-refractivity contribution is 7.09. The Morgan fingerprint density at radius 2 is 1.97 bits per heavy atom. The second-order valence-electron chi connectivity index (χ2n) is 10.8. The Hall–Kier alpha value is -2.72. The van der Waals surface area contributed by atoms with Crippen molar-refractivity contribution in [3.05, 3.63) is 68.9 Å². The molecule has 9 heteroatoms. The van der Waals surface area contributed by atoms with E-state index in [2.05, 4.69) is 13.0 Å². The van der Waals surface area contributed by atoms with Gasteiger partial charge in [0.05, 0.1) is 31.1 Å². The summed E-state index contributed by atoms with van der Waals surface area (Å²) >= 11 is 1.54. The summed E-state index contributed by atoms with van der Waals surface area (Å²) in [7, 11) is 0.656. The number of hydrogen-bond acceptors (Lipinski definition) is 7. The van der Waals surface area contributed by atoms with E-state index in [1.54, 1.807) is 19.2 Å². The Kier molecular flexibility index (Phi) is 8.71. The molecule has 3 heterocycles. The Labute approximate surface area is 234 Å². The van der Waals surface area contributed by atoms with Crippen LogP contribution in [0.4, 0.5) is 0 Å². The number of phenols is 1. The molecular weight excluding hydrogens is 513 g/mol. The number of phenolic OH excluding ortho intramolecular Hbond substituents is 1. The first kappa shape index (κ1) is 27.8. The summed E-state index contributed by atoms with van der Waals surface area (Å²) in [5.41, 5.74) is 4.36. The number of carbonyl (C=O) groups excluding carboxylic acids is 2. The van der Waals surface area contributed by atoms with Crippen molar-refractivity contribution in [2.24, 2.45) is 17.8 Å². The molecule has 2 N–H and O–H groups in total. The number of imide groups is 1. The van der Waals surface area contributed by atoms with Crippen molar-refractivity contribution in [1.29, 1.82) is 0 Å². The normalized spacial score (nSPS) is 25.4. The quantitative estimate of drug-likeness (QED) is 0.244. The predicted octanol–water partition coefficient (Wildman–Crippen LogP) is 5.06. The van der Waals surface area contributed by atoms with Crippen LogP contribution in [-0.4, -0.2) is 53.8 Å². The molecule has 39 heavy (non-hydrogen) atoms. The number of ether oxygens (including phenoxy) is 1. The first-order valence-electron chi connectivity index (χ1n) is 13.8. The molecule has 2 aromatic rings. The molecule has 7 nitrogen and oxygen atoms in total. The van der Waals surface area contributed by atoms with Gasteiger partial charge >= 0.3 is 7.12 Å². The molecule has 2 aliphatic heterocycles. The van der Waals surface area contributed by atoms with Crippen molar-refractivity contribution in [1.82, 2.24) is 4.90 Å². The van der Waals surface area contributed by atoms with E-state index in [0.717, 1.165) is 40.8 Å². The molecule has 3 aliphatic rings. The molecule has 1 aromatic heterocycles. The summed E-state index contributed by atoms with van der Waals surface area (Å²) in [5, 5.41) is 22.4. The lowest BCUT2D eigenvalue weighted by molar-refractivity contribution is -0.140. The van der Waals surface area contributed by atoms with E-state index in [9.17, 15) is 19.7 Å². The van der Waals surface area contributed by atoms with Crippen LogP contribution in [-0.2, 0) is 25.5 Å². The molecule has 0 saturated carbocycles. The number of benzene rings is 1. The Morgan fingerprint density at radius 1 is 1.18 bits per heavy atom. The minimum Gasteiger partial charge on any atom is -0.508 e. The summed E-state index contributed by atoms with van der Waals surface area (Å²) in [5.74, 6) is -1.16. The van der Waals surface area contributed by atoms with Crippen molar-refractivity contribution >= 4 is 36.3 Å². The number of allylic oxidation sites excluding steroid dienone is 1. The molecule has 1 aromatic carbocycles. The number of methoxy groups -OCH3 is 1. The van der Waals surface area contributed by atoms with Gasteiger partial charge in [-0.25, -0.2) is 0 Å². The fraction of sp³-hybridized carbons (Fsp3) is 0.467. The van der Waals surface area contributed by atoms with E-state index in [-0.39, 0.29) is 29.6 Å². The third kappa shape index (κ3) is 5.92. The Morgan fingerprint density at radius 3 is 2.67 bits per heavy atom. The predicted molar refractivity (Wildman–Crippen MR) is 152 cm³/mol. The number of likely N-dealkylation sites (tertiary alicyclic amines) is 1. The maximum Gasteiger partial charge on any atom is 0.455 e. The van der Waals surface area contributed by atoms with Crippen LogP contribution in [0, 0.1) is 17.8 Å². The van der Waals surface area contributed by atoms with Crippen LogP contribution in [0.2, 0.25) is 6.32 Å². The van der Waals surface area contributed by atoms with Gasteiger partial charge in [-0.2, -0.15) is 0 Å². The van der Waals surface area contributed by atoms with Crippen LogP contribution < -0.4 is 0 Å². The Balaban J connectivity index is 1.40. The number of amides is 2. The maximum atomic E-state index is 13.7. The molecule has 206 valence electrons. The SMILES string of the molecule is CCC/C(=C\c1ccc(O)cc1)CC[C@H]1OB(O)C[C@H]2C1=C(COC)C[C@H]1C(=O)N(Cc3cccs3)C(=O)[C@H]12.